The van der Waals surface area contributed by atoms with E-state index in [0.717, 1.165) is 37.8 Å². The molecule has 0 heterocycles. The summed E-state index contributed by atoms with van der Waals surface area (Å²) in [5.41, 5.74) is 8.01. The molecular formula is C15H22N2. The molecule has 1 rings (SSSR count). The Balaban J connectivity index is 2.35. The molecule has 0 aliphatic rings. The van der Waals surface area contributed by atoms with Crippen LogP contribution >= 0.6 is 0 Å². The molecule has 0 saturated carbocycles. The van der Waals surface area contributed by atoms with Gasteiger partial charge in [0.2, 0.25) is 0 Å². The summed E-state index contributed by atoms with van der Waals surface area (Å²) in [4.78, 5) is 4.33. The summed E-state index contributed by atoms with van der Waals surface area (Å²) >= 11 is 0. The molecule has 2 N–H and O–H groups in total. The maximum absolute atomic E-state index is 5.82. The number of benzene rings is 1. The minimum atomic E-state index is 0.713. The summed E-state index contributed by atoms with van der Waals surface area (Å²) in [7, 11) is 0. The lowest BCUT2D eigenvalue weighted by Crippen LogP contribution is -2.11. The highest BCUT2D eigenvalue weighted by atomic mass is 14.9. The third-order valence-corrected chi connectivity index (χ3v) is 2.63. The van der Waals surface area contributed by atoms with Gasteiger partial charge in [0.1, 0.15) is 0 Å². The molecule has 0 unspecified atom stereocenters. The molecule has 0 saturated heterocycles. The minimum absolute atomic E-state index is 0.713. The van der Waals surface area contributed by atoms with Crippen molar-refractivity contribution in [2.45, 2.75) is 39.0 Å². The van der Waals surface area contributed by atoms with Crippen LogP contribution in [0.4, 0.5) is 0 Å². The Morgan fingerprint density at radius 3 is 2.59 bits per heavy atom. The standard InChI is InChI=1S/C15H22N2/c1-3-4-10-15(16)17-13(2)11-12-14-8-6-5-7-9-14/h5-9H,2-4,10-12H2,1H3,(H2,16,17). The molecule has 0 spiro atoms. The Labute approximate surface area is 104 Å². The van der Waals surface area contributed by atoms with Crippen molar-refractivity contribution in [2.75, 3.05) is 0 Å². The van der Waals surface area contributed by atoms with Crippen LogP contribution in [0.15, 0.2) is 47.6 Å². The summed E-state index contributed by atoms with van der Waals surface area (Å²) in [5, 5.41) is 0. The molecule has 1 aromatic rings. The van der Waals surface area contributed by atoms with E-state index in [-0.39, 0.29) is 0 Å². The zero-order valence-electron chi connectivity index (χ0n) is 10.7. The Kier molecular flexibility index (Phi) is 6.08. The second kappa shape index (κ2) is 7.66. The van der Waals surface area contributed by atoms with Crippen LogP contribution in [0.25, 0.3) is 0 Å². The average Bonchev–Trinajstić information content (AvgIpc) is 2.35. The molecule has 0 amide bonds. The fourth-order valence-electron chi connectivity index (χ4n) is 1.61. The van der Waals surface area contributed by atoms with E-state index in [1.54, 1.807) is 0 Å². The van der Waals surface area contributed by atoms with Gasteiger partial charge in [-0.1, -0.05) is 50.3 Å². The predicted molar refractivity (Wildman–Crippen MR) is 75.1 cm³/mol. The number of aliphatic imine (C=N–C) groups is 1. The molecule has 0 atom stereocenters. The number of hydrogen-bond acceptors (Lipinski definition) is 1. The first-order valence-electron chi connectivity index (χ1n) is 6.27. The fourth-order valence-corrected chi connectivity index (χ4v) is 1.61. The second-order valence-corrected chi connectivity index (χ2v) is 4.26. The summed E-state index contributed by atoms with van der Waals surface area (Å²) in [5.74, 6) is 0.713. The summed E-state index contributed by atoms with van der Waals surface area (Å²) in [6, 6.07) is 10.4. The van der Waals surface area contributed by atoms with E-state index in [1.807, 2.05) is 6.07 Å². The van der Waals surface area contributed by atoms with E-state index in [9.17, 15) is 0 Å². The van der Waals surface area contributed by atoms with Gasteiger partial charge in [0.05, 0.1) is 5.84 Å². The largest absolute Gasteiger partial charge is 0.387 e. The van der Waals surface area contributed by atoms with Crippen LogP contribution < -0.4 is 5.73 Å². The highest BCUT2D eigenvalue weighted by molar-refractivity contribution is 5.81. The van der Waals surface area contributed by atoms with E-state index < -0.39 is 0 Å². The van der Waals surface area contributed by atoms with Gasteiger partial charge in [-0.05, 0) is 24.8 Å². The van der Waals surface area contributed by atoms with E-state index in [4.69, 9.17) is 5.73 Å². The van der Waals surface area contributed by atoms with Gasteiger partial charge >= 0.3 is 0 Å². The number of unbranched alkanes of at least 4 members (excludes halogenated alkanes) is 1. The van der Waals surface area contributed by atoms with E-state index in [1.165, 1.54) is 5.56 Å². The lowest BCUT2D eigenvalue weighted by molar-refractivity contribution is 0.827. The van der Waals surface area contributed by atoms with E-state index in [0.29, 0.717) is 5.84 Å². The van der Waals surface area contributed by atoms with Crippen LogP contribution in [0.1, 0.15) is 38.2 Å². The predicted octanol–water partition coefficient (Wildman–Crippen LogP) is 3.68. The average molecular weight is 230 g/mol. The number of nitrogens with two attached hydrogens (primary N) is 1. The van der Waals surface area contributed by atoms with Crippen molar-refractivity contribution >= 4 is 5.84 Å². The molecule has 0 radical (unpaired) electrons. The van der Waals surface area contributed by atoms with Crippen LogP contribution in [0.2, 0.25) is 0 Å². The van der Waals surface area contributed by atoms with Crippen molar-refractivity contribution in [2.24, 2.45) is 10.7 Å². The number of rotatable bonds is 7. The van der Waals surface area contributed by atoms with Crippen LogP contribution in [0, 0.1) is 0 Å². The number of allylic oxidation sites excluding steroid dienone is 1. The van der Waals surface area contributed by atoms with Gasteiger partial charge in [0.25, 0.3) is 0 Å². The van der Waals surface area contributed by atoms with Crippen molar-refractivity contribution in [3.8, 4) is 0 Å². The zero-order valence-corrected chi connectivity index (χ0v) is 10.7. The van der Waals surface area contributed by atoms with Gasteiger partial charge < -0.3 is 5.73 Å². The Morgan fingerprint density at radius 1 is 1.24 bits per heavy atom. The molecule has 2 heteroatoms. The van der Waals surface area contributed by atoms with Gasteiger partial charge in [-0.2, -0.15) is 0 Å². The SMILES string of the molecule is C=C(CCc1ccccc1)N=C(N)CCCC. The second-order valence-electron chi connectivity index (χ2n) is 4.26. The van der Waals surface area contributed by atoms with Crippen LogP contribution in [-0.4, -0.2) is 5.84 Å². The quantitative estimate of drug-likeness (QED) is 0.563. The number of aryl methyl sites for hydroxylation is 1. The monoisotopic (exact) mass is 230 g/mol. The maximum Gasteiger partial charge on any atom is 0.0992 e. The zero-order chi connectivity index (χ0) is 12.5. The first-order chi connectivity index (χ1) is 8.22. The van der Waals surface area contributed by atoms with Crippen molar-refractivity contribution in [1.29, 1.82) is 0 Å². The van der Waals surface area contributed by atoms with Crippen molar-refractivity contribution in [3.05, 3.63) is 48.2 Å². The van der Waals surface area contributed by atoms with Crippen LogP contribution in [-0.2, 0) is 6.42 Å². The molecule has 0 fully saturated rings. The third-order valence-electron chi connectivity index (χ3n) is 2.63. The molecule has 92 valence electrons. The van der Waals surface area contributed by atoms with Crippen molar-refractivity contribution in [1.82, 2.24) is 0 Å². The van der Waals surface area contributed by atoms with Gasteiger partial charge in [-0.15, -0.1) is 0 Å². The summed E-state index contributed by atoms with van der Waals surface area (Å²) in [6.45, 7) is 6.10. The molecule has 2 nitrogen and oxygen atoms in total. The number of amidine groups is 1. The fraction of sp³-hybridized carbons (Fsp3) is 0.400. The smallest absolute Gasteiger partial charge is 0.0992 e. The molecule has 0 aromatic heterocycles. The number of hydrogen-bond donors (Lipinski definition) is 1. The van der Waals surface area contributed by atoms with Crippen LogP contribution in [0.3, 0.4) is 0 Å². The highest BCUT2D eigenvalue weighted by Crippen LogP contribution is 2.09. The summed E-state index contributed by atoms with van der Waals surface area (Å²) < 4.78 is 0. The van der Waals surface area contributed by atoms with E-state index in [2.05, 4.69) is 42.8 Å². The third kappa shape index (κ3) is 5.91. The topological polar surface area (TPSA) is 38.4 Å². The van der Waals surface area contributed by atoms with Gasteiger partial charge in [-0.3, -0.25) is 0 Å². The molecule has 0 bridgehead atoms. The summed E-state index contributed by atoms with van der Waals surface area (Å²) in [6.07, 6.45) is 4.97. The molecule has 1 aromatic carbocycles. The van der Waals surface area contributed by atoms with Gasteiger partial charge in [0.15, 0.2) is 0 Å². The molecular weight excluding hydrogens is 208 g/mol. The first kappa shape index (κ1) is 13.5. The normalized spacial score (nSPS) is 11.5. The molecule has 17 heavy (non-hydrogen) atoms. The molecule has 0 aliphatic carbocycles. The van der Waals surface area contributed by atoms with E-state index >= 15 is 0 Å². The van der Waals surface area contributed by atoms with Crippen LogP contribution in [0.5, 0.6) is 0 Å². The lowest BCUT2D eigenvalue weighted by Gasteiger charge is -2.03. The minimum Gasteiger partial charge on any atom is -0.387 e. The Bertz CT molecular complexity index is 366. The molecule has 0 aliphatic heterocycles. The van der Waals surface area contributed by atoms with Gasteiger partial charge in [0, 0.05) is 12.1 Å². The number of nitrogens with zero attached hydrogens (tertiary/aromatic N) is 1. The first-order valence-corrected chi connectivity index (χ1v) is 6.27. The van der Waals surface area contributed by atoms with Crippen molar-refractivity contribution in [3.63, 3.8) is 0 Å². The van der Waals surface area contributed by atoms with Crippen molar-refractivity contribution < 1.29 is 0 Å². The Morgan fingerprint density at radius 2 is 1.94 bits per heavy atom. The lowest BCUT2D eigenvalue weighted by atomic mass is 10.1. The maximum atomic E-state index is 5.82. The highest BCUT2D eigenvalue weighted by Gasteiger charge is 1.97. The van der Waals surface area contributed by atoms with Gasteiger partial charge in [-0.25, -0.2) is 4.99 Å². The Hall–Kier alpha value is -1.57.